The standard InChI is InChI=1S/C28H38O5/c1-19-15-22(32-7)16-20-9-14-27(5,33-24(19)20)18-21(29)17-26(4)11-8-12-28(26,6)23(30)10-13-25(2,3)31/h9-10,13-16,31H,8,11-12,17-18H2,1-7H3/b13-10-/t26-,27+,28+/m0/s1. The van der Waals surface area contributed by atoms with Crippen LogP contribution < -0.4 is 9.47 Å². The first-order valence-electron chi connectivity index (χ1n) is 11.7. The van der Waals surface area contributed by atoms with Crippen LogP contribution in [-0.2, 0) is 9.59 Å². The van der Waals surface area contributed by atoms with Crippen molar-refractivity contribution in [1.82, 2.24) is 0 Å². The molecule has 0 saturated heterocycles. The Bertz CT molecular complexity index is 998. The zero-order valence-electron chi connectivity index (χ0n) is 21.1. The molecule has 1 aromatic carbocycles. The number of aliphatic hydroxyl groups is 1. The van der Waals surface area contributed by atoms with Crippen LogP contribution in [0.1, 0.15) is 77.8 Å². The summed E-state index contributed by atoms with van der Waals surface area (Å²) in [6.07, 6.45) is 10.0. The minimum absolute atomic E-state index is 0.0176. The molecular weight excluding hydrogens is 416 g/mol. The van der Waals surface area contributed by atoms with Gasteiger partial charge in [0.1, 0.15) is 22.9 Å². The van der Waals surface area contributed by atoms with Gasteiger partial charge in [0.25, 0.3) is 0 Å². The molecule has 5 nitrogen and oxygen atoms in total. The first kappa shape index (κ1) is 25.2. The van der Waals surface area contributed by atoms with Gasteiger partial charge in [-0.3, -0.25) is 9.59 Å². The van der Waals surface area contributed by atoms with Gasteiger partial charge in [0.05, 0.1) is 12.7 Å². The van der Waals surface area contributed by atoms with E-state index in [0.717, 1.165) is 41.9 Å². The SMILES string of the molecule is COc1cc(C)c2c(c1)C=C[C@](C)(CC(=O)C[C@]1(C)CCC[C@]1(C)C(=O)/C=C\C(C)(C)O)O2. The Morgan fingerprint density at radius 1 is 1.18 bits per heavy atom. The molecule has 5 heteroatoms. The molecule has 1 aliphatic carbocycles. The maximum atomic E-state index is 13.3. The van der Waals surface area contributed by atoms with E-state index in [1.54, 1.807) is 21.0 Å². The number of rotatable bonds is 8. The van der Waals surface area contributed by atoms with Crippen molar-refractivity contribution in [3.63, 3.8) is 0 Å². The lowest BCUT2D eigenvalue weighted by molar-refractivity contribution is -0.132. The monoisotopic (exact) mass is 454 g/mol. The third kappa shape index (κ3) is 5.24. The number of fused-ring (bicyclic) bond motifs is 1. The molecule has 0 bridgehead atoms. The number of hydrogen-bond acceptors (Lipinski definition) is 5. The number of allylic oxidation sites excluding steroid dienone is 1. The van der Waals surface area contributed by atoms with Crippen LogP contribution in [0.2, 0.25) is 0 Å². The second-order valence-corrected chi connectivity index (χ2v) is 11.1. The Balaban J connectivity index is 1.75. The van der Waals surface area contributed by atoms with E-state index in [9.17, 15) is 14.7 Å². The van der Waals surface area contributed by atoms with Crippen LogP contribution in [-0.4, -0.2) is 35.0 Å². The number of hydrogen-bond donors (Lipinski definition) is 1. The van der Waals surface area contributed by atoms with Crippen LogP contribution in [0.3, 0.4) is 0 Å². The molecule has 1 fully saturated rings. The van der Waals surface area contributed by atoms with E-state index in [-0.39, 0.29) is 18.0 Å². The molecule has 1 aromatic rings. The number of carbonyl (C=O) groups is 2. The van der Waals surface area contributed by atoms with Crippen molar-refractivity contribution in [2.75, 3.05) is 7.11 Å². The maximum absolute atomic E-state index is 13.3. The molecule has 0 unspecified atom stereocenters. The molecule has 33 heavy (non-hydrogen) atoms. The lowest BCUT2D eigenvalue weighted by atomic mass is 9.62. The summed E-state index contributed by atoms with van der Waals surface area (Å²) < 4.78 is 11.7. The fourth-order valence-electron chi connectivity index (χ4n) is 5.24. The summed E-state index contributed by atoms with van der Waals surface area (Å²) in [7, 11) is 1.64. The van der Waals surface area contributed by atoms with E-state index in [1.165, 1.54) is 12.2 Å². The molecule has 0 radical (unpaired) electrons. The molecule has 2 aliphatic rings. The zero-order chi connectivity index (χ0) is 24.7. The molecule has 3 atom stereocenters. The second kappa shape index (κ2) is 8.75. The van der Waals surface area contributed by atoms with Gasteiger partial charge < -0.3 is 14.6 Å². The van der Waals surface area contributed by atoms with Crippen molar-refractivity contribution in [1.29, 1.82) is 0 Å². The third-order valence-electron chi connectivity index (χ3n) is 7.52. The Morgan fingerprint density at radius 2 is 1.88 bits per heavy atom. The Hall–Kier alpha value is -2.40. The Kier molecular flexibility index (Phi) is 6.69. The van der Waals surface area contributed by atoms with E-state index in [1.807, 2.05) is 45.1 Å². The van der Waals surface area contributed by atoms with Crippen LogP contribution in [0.15, 0.2) is 30.4 Å². The molecule has 1 saturated carbocycles. The average Bonchev–Trinajstić information content (AvgIpc) is 3.00. The van der Waals surface area contributed by atoms with Crippen LogP contribution in [0.5, 0.6) is 11.5 Å². The van der Waals surface area contributed by atoms with Crippen LogP contribution >= 0.6 is 0 Å². The van der Waals surface area contributed by atoms with Crippen molar-refractivity contribution in [3.05, 3.63) is 41.5 Å². The van der Waals surface area contributed by atoms with E-state index >= 15 is 0 Å². The molecule has 1 aliphatic heterocycles. The summed E-state index contributed by atoms with van der Waals surface area (Å²) in [5.74, 6) is 1.62. The fourth-order valence-corrected chi connectivity index (χ4v) is 5.24. The van der Waals surface area contributed by atoms with Crippen molar-refractivity contribution < 1.29 is 24.2 Å². The zero-order valence-corrected chi connectivity index (χ0v) is 21.1. The van der Waals surface area contributed by atoms with Crippen molar-refractivity contribution >= 4 is 17.6 Å². The number of Topliss-reactive ketones (excluding diaryl/α,β-unsaturated/α-hetero) is 1. The number of methoxy groups -OCH3 is 1. The van der Waals surface area contributed by atoms with E-state index < -0.39 is 22.0 Å². The summed E-state index contributed by atoms with van der Waals surface area (Å²) in [6.45, 7) is 11.2. The predicted molar refractivity (Wildman–Crippen MR) is 131 cm³/mol. The first-order chi connectivity index (χ1) is 15.2. The predicted octanol–water partition coefficient (Wildman–Crippen LogP) is 5.61. The summed E-state index contributed by atoms with van der Waals surface area (Å²) in [4.78, 5) is 26.4. The molecule has 180 valence electrons. The van der Waals surface area contributed by atoms with Crippen LogP contribution in [0, 0.1) is 17.8 Å². The molecule has 0 amide bonds. The van der Waals surface area contributed by atoms with E-state index in [2.05, 4.69) is 6.92 Å². The first-order valence-corrected chi connectivity index (χ1v) is 11.7. The fraction of sp³-hybridized carbons (Fsp3) is 0.571. The second-order valence-electron chi connectivity index (χ2n) is 11.1. The molecule has 3 rings (SSSR count). The van der Waals surface area contributed by atoms with Gasteiger partial charge in [-0.15, -0.1) is 0 Å². The maximum Gasteiger partial charge on any atom is 0.161 e. The molecular formula is C28H38O5. The van der Waals surface area contributed by atoms with Crippen molar-refractivity contribution in [3.8, 4) is 11.5 Å². The third-order valence-corrected chi connectivity index (χ3v) is 7.52. The van der Waals surface area contributed by atoms with Crippen molar-refractivity contribution in [2.24, 2.45) is 10.8 Å². The summed E-state index contributed by atoms with van der Waals surface area (Å²) in [5.41, 5.74) is -0.938. The van der Waals surface area contributed by atoms with Gasteiger partial charge >= 0.3 is 0 Å². The smallest absolute Gasteiger partial charge is 0.161 e. The summed E-state index contributed by atoms with van der Waals surface area (Å²) >= 11 is 0. The lowest BCUT2D eigenvalue weighted by Crippen LogP contribution is -2.42. The summed E-state index contributed by atoms with van der Waals surface area (Å²) in [6, 6.07) is 3.86. The highest BCUT2D eigenvalue weighted by molar-refractivity contribution is 5.96. The topological polar surface area (TPSA) is 72.8 Å². The Labute approximate surface area is 197 Å². The minimum atomic E-state index is -1.05. The number of ketones is 2. The molecule has 0 spiro atoms. The van der Waals surface area contributed by atoms with Gasteiger partial charge in [0.2, 0.25) is 0 Å². The largest absolute Gasteiger partial charge is 0.497 e. The van der Waals surface area contributed by atoms with E-state index in [0.29, 0.717) is 6.42 Å². The highest BCUT2D eigenvalue weighted by atomic mass is 16.5. The summed E-state index contributed by atoms with van der Waals surface area (Å²) in [5, 5.41) is 9.98. The minimum Gasteiger partial charge on any atom is -0.497 e. The van der Waals surface area contributed by atoms with Gasteiger partial charge in [-0.25, -0.2) is 0 Å². The quantitative estimate of drug-likeness (QED) is 0.517. The van der Waals surface area contributed by atoms with Crippen molar-refractivity contribution in [2.45, 2.75) is 84.8 Å². The number of ether oxygens (including phenoxy) is 2. The van der Waals surface area contributed by atoms with Gasteiger partial charge in [0, 0.05) is 23.8 Å². The lowest BCUT2D eigenvalue weighted by Gasteiger charge is -2.40. The molecule has 1 heterocycles. The number of aryl methyl sites for hydroxylation is 1. The number of carbonyl (C=O) groups excluding carboxylic acids is 2. The van der Waals surface area contributed by atoms with Gasteiger partial charge in [-0.2, -0.15) is 0 Å². The van der Waals surface area contributed by atoms with Gasteiger partial charge in [0.15, 0.2) is 5.78 Å². The normalized spacial score (nSPS) is 29.1. The Morgan fingerprint density at radius 3 is 2.52 bits per heavy atom. The van der Waals surface area contributed by atoms with E-state index in [4.69, 9.17) is 9.47 Å². The molecule has 1 N–H and O–H groups in total. The molecule has 0 aromatic heterocycles. The number of benzene rings is 1. The van der Waals surface area contributed by atoms with Crippen LogP contribution in [0.25, 0.3) is 6.08 Å². The average molecular weight is 455 g/mol. The highest BCUT2D eigenvalue weighted by Gasteiger charge is 2.53. The highest BCUT2D eigenvalue weighted by Crippen LogP contribution is 2.56. The van der Waals surface area contributed by atoms with Gasteiger partial charge in [-0.05, 0) is 75.8 Å². The van der Waals surface area contributed by atoms with Crippen LogP contribution in [0.4, 0.5) is 0 Å². The van der Waals surface area contributed by atoms with Gasteiger partial charge in [-0.1, -0.05) is 32.4 Å².